The van der Waals surface area contributed by atoms with Crippen molar-refractivity contribution in [3.8, 4) is 5.75 Å². The van der Waals surface area contributed by atoms with Gasteiger partial charge in [-0.3, -0.25) is 14.5 Å². The van der Waals surface area contributed by atoms with Crippen molar-refractivity contribution in [2.45, 2.75) is 23.3 Å². The molecule has 0 saturated carbocycles. The Balaban J connectivity index is 1.30. The fourth-order valence-electron chi connectivity index (χ4n) is 4.00. The molecule has 0 saturated heterocycles. The second-order valence-electron chi connectivity index (χ2n) is 8.44. The predicted octanol–water partition coefficient (Wildman–Crippen LogP) is 6.22. The van der Waals surface area contributed by atoms with E-state index < -0.39 is 0 Å². The molecule has 1 heterocycles. The number of carbonyl (C=O) groups excluding carboxylic acids is 2. The van der Waals surface area contributed by atoms with Crippen molar-refractivity contribution in [3.63, 3.8) is 0 Å². The lowest BCUT2D eigenvalue weighted by molar-refractivity contribution is -0.117. The Morgan fingerprint density at radius 2 is 1.62 bits per heavy atom. The summed E-state index contributed by atoms with van der Waals surface area (Å²) < 4.78 is 5.98. The number of rotatable bonds is 8. The summed E-state index contributed by atoms with van der Waals surface area (Å²) in [6.07, 6.45) is 1.65. The molecule has 0 aromatic heterocycles. The van der Waals surface area contributed by atoms with E-state index in [2.05, 4.69) is 10.5 Å². The summed E-state index contributed by atoms with van der Waals surface area (Å²) in [4.78, 5) is 29.0. The van der Waals surface area contributed by atoms with E-state index in [9.17, 15) is 9.59 Å². The number of nitrogens with zero attached hydrogens (tertiary/aromatic N) is 2. The molecule has 6 nitrogen and oxygen atoms in total. The zero-order chi connectivity index (χ0) is 25.6. The smallest absolute Gasteiger partial charge is 0.252 e. The zero-order valence-corrected chi connectivity index (χ0v) is 21.1. The van der Waals surface area contributed by atoms with Gasteiger partial charge in [-0.25, -0.2) is 0 Å². The highest BCUT2D eigenvalue weighted by Crippen LogP contribution is 2.48. The molecule has 1 N–H and O–H groups in total. The molecule has 0 aliphatic carbocycles. The summed E-state index contributed by atoms with van der Waals surface area (Å²) in [5, 5.41) is 4.29. The molecule has 1 amide bonds. The Morgan fingerprint density at radius 3 is 2.46 bits per heavy atom. The minimum Gasteiger partial charge on any atom is -0.488 e. The molecular weight excluding hydrogens is 482 g/mol. The van der Waals surface area contributed by atoms with Crippen molar-refractivity contribution < 1.29 is 14.3 Å². The van der Waals surface area contributed by atoms with E-state index in [4.69, 9.17) is 4.74 Å². The third-order valence-electron chi connectivity index (χ3n) is 5.86. The topological polar surface area (TPSA) is 71.0 Å². The first-order valence-electron chi connectivity index (χ1n) is 11.9. The van der Waals surface area contributed by atoms with Gasteiger partial charge >= 0.3 is 0 Å². The average molecular weight is 508 g/mol. The monoisotopic (exact) mass is 507 g/mol. The van der Waals surface area contributed by atoms with Crippen molar-refractivity contribution in [1.29, 1.82) is 0 Å². The average Bonchev–Trinajstić information content (AvgIpc) is 2.93. The van der Waals surface area contributed by atoms with Crippen LogP contribution in [0.2, 0.25) is 0 Å². The van der Waals surface area contributed by atoms with Gasteiger partial charge in [0.05, 0.1) is 17.6 Å². The number of fused-ring (bicyclic) bond motifs is 2. The molecule has 4 aromatic rings. The van der Waals surface area contributed by atoms with E-state index >= 15 is 0 Å². The maximum Gasteiger partial charge on any atom is 0.252 e. The lowest BCUT2D eigenvalue weighted by atomic mass is 10.1. The van der Waals surface area contributed by atoms with Gasteiger partial charge in [-0.2, -0.15) is 5.10 Å². The van der Waals surface area contributed by atoms with Crippen LogP contribution >= 0.6 is 11.8 Å². The number of Topliss-reactive ketones (excluding diaryl/α,β-unsaturated/α-hetero) is 1. The van der Waals surface area contributed by atoms with Crippen molar-refractivity contribution >= 4 is 41.0 Å². The number of anilines is 2. The van der Waals surface area contributed by atoms with Crippen molar-refractivity contribution in [2.75, 3.05) is 11.4 Å². The Bertz CT molecular complexity index is 1470. The summed E-state index contributed by atoms with van der Waals surface area (Å²) in [6, 6.07) is 30.8. The van der Waals surface area contributed by atoms with Crippen LogP contribution in [-0.4, -0.2) is 24.4 Å². The molecule has 1 aliphatic rings. The molecule has 0 unspecified atom stereocenters. The molecule has 1 aliphatic heterocycles. The van der Waals surface area contributed by atoms with E-state index in [1.165, 1.54) is 6.92 Å². The summed E-state index contributed by atoms with van der Waals surface area (Å²) in [6.45, 7) is 1.95. The molecule has 184 valence electrons. The van der Waals surface area contributed by atoms with Crippen LogP contribution in [0.1, 0.15) is 28.4 Å². The first-order valence-corrected chi connectivity index (χ1v) is 12.7. The molecule has 0 radical (unpaired) electrons. The summed E-state index contributed by atoms with van der Waals surface area (Å²) in [7, 11) is 0. The van der Waals surface area contributed by atoms with E-state index in [1.807, 2.05) is 84.9 Å². The quantitative estimate of drug-likeness (QED) is 0.174. The molecule has 7 heteroatoms. The van der Waals surface area contributed by atoms with Crippen molar-refractivity contribution in [2.24, 2.45) is 5.10 Å². The number of nitrogens with one attached hydrogen (secondary N) is 1. The number of hydrogen-bond acceptors (Lipinski definition) is 6. The summed E-state index contributed by atoms with van der Waals surface area (Å²) >= 11 is 1.59. The minimum atomic E-state index is -0.180. The number of ether oxygens (including phenoxy) is 1. The predicted molar refractivity (Wildman–Crippen MR) is 147 cm³/mol. The SMILES string of the molecule is CC(=O)c1ccc2c(c1)N(C(=O)CN/N=C/c1ccccc1OCc1ccccc1)c1ccccc1S2. The fourth-order valence-corrected chi connectivity index (χ4v) is 5.04. The zero-order valence-electron chi connectivity index (χ0n) is 20.3. The molecule has 0 bridgehead atoms. The first kappa shape index (κ1) is 24.3. The second-order valence-corrected chi connectivity index (χ2v) is 9.53. The Morgan fingerprint density at radius 1 is 0.892 bits per heavy atom. The van der Waals surface area contributed by atoms with Crippen molar-refractivity contribution in [3.05, 3.63) is 114 Å². The molecular formula is C30H25N3O3S. The van der Waals surface area contributed by atoms with Gasteiger partial charge in [0.25, 0.3) is 5.91 Å². The number of benzene rings is 4. The van der Waals surface area contributed by atoms with Crippen LogP contribution in [-0.2, 0) is 11.4 Å². The maximum atomic E-state index is 13.4. The van der Waals surface area contributed by atoms with E-state index in [-0.39, 0.29) is 18.2 Å². The second kappa shape index (κ2) is 11.1. The van der Waals surface area contributed by atoms with Crippen LogP contribution in [0, 0.1) is 0 Å². The maximum absolute atomic E-state index is 13.4. The highest BCUT2D eigenvalue weighted by atomic mass is 32.2. The van der Waals surface area contributed by atoms with E-state index in [0.717, 1.165) is 26.6 Å². The number of para-hydroxylation sites is 2. The molecule has 5 rings (SSSR count). The fraction of sp³-hybridized carbons (Fsp3) is 0.100. The van der Waals surface area contributed by atoms with Gasteiger partial charge in [0, 0.05) is 20.9 Å². The lowest BCUT2D eigenvalue weighted by Crippen LogP contribution is -2.35. The van der Waals surface area contributed by atoms with Crippen LogP contribution in [0.3, 0.4) is 0 Å². The highest BCUT2D eigenvalue weighted by molar-refractivity contribution is 7.99. The van der Waals surface area contributed by atoms with Gasteiger partial charge in [-0.05, 0) is 48.9 Å². The van der Waals surface area contributed by atoms with Crippen LogP contribution in [0.15, 0.2) is 112 Å². The van der Waals surface area contributed by atoms with Gasteiger partial charge in [-0.15, -0.1) is 0 Å². The van der Waals surface area contributed by atoms with Crippen molar-refractivity contribution in [1.82, 2.24) is 5.43 Å². The van der Waals surface area contributed by atoms with Crippen LogP contribution in [0.4, 0.5) is 11.4 Å². The number of amides is 1. The standard InChI is InChI=1S/C30H25N3O3S/c1-21(34)23-15-16-29-26(17-23)33(25-12-6-8-14-28(25)37-29)30(35)19-32-31-18-24-11-5-7-13-27(24)36-20-22-9-3-2-4-10-22/h2-18,32H,19-20H2,1H3/b31-18+. The number of carbonyl (C=O) groups is 2. The summed E-state index contributed by atoms with van der Waals surface area (Å²) in [5.41, 5.74) is 6.81. The van der Waals surface area contributed by atoms with Gasteiger partial charge in [-0.1, -0.05) is 72.4 Å². The molecule has 0 atom stereocenters. The molecule has 4 aromatic carbocycles. The van der Waals surface area contributed by atoms with Gasteiger partial charge < -0.3 is 10.2 Å². The third-order valence-corrected chi connectivity index (χ3v) is 6.99. The van der Waals surface area contributed by atoms with Gasteiger partial charge in [0.15, 0.2) is 5.78 Å². The number of ketones is 1. The Kier molecular flexibility index (Phi) is 7.33. The third kappa shape index (κ3) is 5.57. The Labute approximate surface area is 220 Å². The van der Waals surface area contributed by atoms with Crippen LogP contribution < -0.4 is 15.1 Å². The van der Waals surface area contributed by atoms with Crippen LogP contribution in [0.5, 0.6) is 5.75 Å². The minimum absolute atomic E-state index is 0.0215. The number of hydrazone groups is 1. The first-order chi connectivity index (χ1) is 18.1. The largest absolute Gasteiger partial charge is 0.488 e. The van der Waals surface area contributed by atoms with E-state index in [1.54, 1.807) is 35.0 Å². The Hall–Kier alpha value is -4.36. The molecule has 0 spiro atoms. The van der Waals surface area contributed by atoms with E-state index in [0.29, 0.717) is 23.6 Å². The summed E-state index contributed by atoms with van der Waals surface area (Å²) in [5.74, 6) is 0.478. The molecule has 0 fully saturated rings. The van der Waals surface area contributed by atoms with Gasteiger partial charge in [0.2, 0.25) is 0 Å². The molecule has 37 heavy (non-hydrogen) atoms. The van der Waals surface area contributed by atoms with Gasteiger partial charge in [0.1, 0.15) is 18.9 Å². The van der Waals surface area contributed by atoms with Crippen LogP contribution in [0.25, 0.3) is 0 Å². The normalized spacial score (nSPS) is 12.1. The highest BCUT2D eigenvalue weighted by Gasteiger charge is 2.28. The lowest BCUT2D eigenvalue weighted by Gasteiger charge is -2.31. The number of hydrogen-bond donors (Lipinski definition) is 1.